The van der Waals surface area contributed by atoms with Crippen LogP contribution in [-0.2, 0) is 40.1 Å². The second kappa shape index (κ2) is 28.6. The number of nitrogens with two attached hydrogens (primary N) is 3. The Bertz CT molecular complexity index is 4130. The van der Waals surface area contributed by atoms with Gasteiger partial charge in [0.05, 0.1) is 93.3 Å². The number of pyridine rings is 3. The summed E-state index contributed by atoms with van der Waals surface area (Å²) in [4.78, 5) is 84.5. The maximum atomic E-state index is 13.4. The van der Waals surface area contributed by atoms with Crippen molar-refractivity contribution in [3.05, 3.63) is 214 Å². The molecule has 0 aliphatic carbocycles. The highest BCUT2D eigenvalue weighted by atomic mass is 19.1. The molecule has 3 aliphatic rings. The monoisotopic (exact) mass is 1230 g/mol. The summed E-state index contributed by atoms with van der Waals surface area (Å²) in [5.41, 5.74) is 32.8. The molecule has 3 amide bonds. The summed E-state index contributed by atoms with van der Waals surface area (Å²) in [7, 11) is 0. The number of carbonyl (C=O) groups is 3. The number of nitrogen functional groups attached to an aromatic ring is 3. The van der Waals surface area contributed by atoms with Crippen molar-refractivity contribution in [1.82, 2.24) is 59.6 Å². The number of hydrogen-bond donors (Lipinski definition) is 3. The SMILES string of the molecule is Cc1ccnc(CC2CCN(C(=O)Cc3nc(-c4ccc(F)cc4C)ccc3N)C2)n1.Cc1cnc(C2CCN(C(=O)Cc3nc(-c4ccc(F)cc4C)ccc3N)C2)cn1.Cc1cncc(C2CCN(C(=O)Cc3nc(-c4ccc(F)cc4C)ccc3N)C2)n1. The van der Waals surface area contributed by atoms with Gasteiger partial charge in [-0.05, 0) is 180 Å². The summed E-state index contributed by atoms with van der Waals surface area (Å²) in [6.45, 7) is 15.3. The zero-order chi connectivity index (χ0) is 64.5. The lowest BCUT2D eigenvalue weighted by molar-refractivity contribution is -0.130. The fourth-order valence-electron chi connectivity index (χ4n) is 11.8. The lowest BCUT2D eigenvalue weighted by Gasteiger charge is -2.17. The van der Waals surface area contributed by atoms with Gasteiger partial charge in [-0.1, -0.05) is 0 Å². The highest BCUT2D eigenvalue weighted by molar-refractivity contribution is 5.82. The van der Waals surface area contributed by atoms with Crippen LogP contribution >= 0.6 is 0 Å². The van der Waals surface area contributed by atoms with E-state index < -0.39 is 0 Å². The molecule has 6 N–H and O–H groups in total. The molecule has 0 saturated carbocycles. The van der Waals surface area contributed by atoms with E-state index in [4.69, 9.17) is 17.2 Å². The first-order valence-corrected chi connectivity index (χ1v) is 30.4. The van der Waals surface area contributed by atoms with E-state index in [1.54, 1.807) is 85.6 Å². The molecule has 468 valence electrons. The van der Waals surface area contributed by atoms with Crippen LogP contribution in [0.5, 0.6) is 0 Å². The minimum atomic E-state index is -0.288. The van der Waals surface area contributed by atoms with Crippen LogP contribution in [0.15, 0.2) is 128 Å². The second-order valence-corrected chi connectivity index (χ2v) is 23.7. The highest BCUT2D eigenvalue weighted by Crippen LogP contribution is 2.32. The second-order valence-electron chi connectivity index (χ2n) is 23.7. The largest absolute Gasteiger partial charge is 0.397 e. The van der Waals surface area contributed by atoms with Crippen LogP contribution in [0.25, 0.3) is 33.8 Å². The van der Waals surface area contributed by atoms with Crippen molar-refractivity contribution in [3.8, 4) is 33.8 Å². The van der Waals surface area contributed by atoms with Gasteiger partial charge >= 0.3 is 0 Å². The number of nitrogens with zero attached hydrogens (tertiary/aromatic N) is 12. The van der Waals surface area contributed by atoms with Gasteiger partial charge in [-0.2, -0.15) is 0 Å². The molecule has 3 fully saturated rings. The quantitative estimate of drug-likeness (QED) is 0.0970. The Balaban J connectivity index is 0.000000150. The molecule has 6 aromatic heterocycles. The average molecular weight is 1230 g/mol. The maximum Gasteiger partial charge on any atom is 0.228 e. The van der Waals surface area contributed by atoms with Crippen LogP contribution in [0.2, 0.25) is 0 Å². The summed E-state index contributed by atoms with van der Waals surface area (Å²) in [6, 6.07) is 26.3. The maximum absolute atomic E-state index is 13.4. The Morgan fingerprint density at radius 2 is 0.901 bits per heavy atom. The van der Waals surface area contributed by atoms with E-state index >= 15 is 0 Å². The van der Waals surface area contributed by atoms with Gasteiger partial charge in [0, 0.05) is 111 Å². The number of aromatic nitrogens is 9. The highest BCUT2D eigenvalue weighted by Gasteiger charge is 2.32. The lowest BCUT2D eigenvalue weighted by Crippen LogP contribution is -2.31. The van der Waals surface area contributed by atoms with Crippen LogP contribution in [-0.4, -0.2) is 117 Å². The van der Waals surface area contributed by atoms with Gasteiger partial charge in [0.1, 0.15) is 23.3 Å². The molecule has 3 saturated heterocycles. The van der Waals surface area contributed by atoms with Crippen molar-refractivity contribution in [2.45, 2.75) is 98.3 Å². The molecule has 3 aromatic carbocycles. The molecule has 9 aromatic rings. The van der Waals surface area contributed by atoms with Crippen molar-refractivity contribution < 1.29 is 27.6 Å². The van der Waals surface area contributed by atoms with E-state index in [1.165, 1.54) is 36.4 Å². The normalized spacial score (nSPS) is 16.1. The van der Waals surface area contributed by atoms with Gasteiger partial charge < -0.3 is 31.9 Å². The topological polar surface area (TPSA) is 255 Å². The molecular weight excluding hydrogens is 1160 g/mol. The predicted octanol–water partition coefficient (Wildman–Crippen LogP) is 10.4. The fraction of sp³-hybridized carbons (Fsp3) is 0.314. The zero-order valence-corrected chi connectivity index (χ0v) is 52.0. The first-order valence-electron chi connectivity index (χ1n) is 30.4. The molecule has 91 heavy (non-hydrogen) atoms. The van der Waals surface area contributed by atoms with E-state index in [2.05, 4.69) is 44.9 Å². The molecule has 0 bridgehead atoms. The number of benzene rings is 3. The summed E-state index contributed by atoms with van der Waals surface area (Å²) in [5, 5.41) is 0. The molecule has 3 aliphatic heterocycles. The smallest absolute Gasteiger partial charge is 0.228 e. The van der Waals surface area contributed by atoms with Crippen LogP contribution in [0.1, 0.15) is 99.2 Å². The number of anilines is 3. The van der Waals surface area contributed by atoms with E-state index in [0.29, 0.717) is 96.4 Å². The van der Waals surface area contributed by atoms with Crippen molar-refractivity contribution in [2.75, 3.05) is 56.5 Å². The predicted molar refractivity (Wildman–Crippen MR) is 344 cm³/mol. The third-order valence-corrected chi connectivity index (χ3v) is 16.8. The first-order chi connectivity index (χ1) is 43.7. The lowest BCUT2D eigenvalue weighted by atomic mass is 10.0. The number of hydrogen-bond acceptors (Lipinski definition) is 15. The van der Waals surface area contributed by atoms with E-state index in [9.17, 15) is 27.6 Å². The molecule has 9 heterocycles. The number of amides is 3. The summed E-state index contributed by atoms with van der Waals surface area (Å²) in [6.07, 6.45) is 12.7. The number of rotatable bonds is 13. The van der Waals surface area contributed by atoms with E-state index in [-0.39, 0.29) is 66.3 Å². The molecule has 3 atom stereocenters. The van der Waals surface area contributed by atoms with E-state index in [0.717, 1.165) is 93.4 Å². The fourth-order valence-corrected chi connectivity index (χ4v) is 11.8. The Morgan fingerprint density at radius 3 is 1.33 bits per heavy atom. The van der Waals surface area contributed by atoms with Crippen molar-refractivity contribution >= 4 is 34.8 Å². The molecule has 21 heteroatoms. The number of likely N-dealkylation sites (tertiary alicyclic amines) is 3. The van der Waals surface area contributed by atoms with Crippen LogP contribution in [0.4, 0.5) is 30.2 Å². The van der Waals surface area contributed by atoms with Gasteiger partial charge in [-0.3, -0.25) is 49.3 Å². The first kappa shape index (κ1) is 64.0. The van der Waals surface area contributed by atoms with Gasteiger partial charge in [-0.15, -0.1) is 0 Å². The van der Waals surface area contributed by atoms with Crippen LogP contribution < -0.4 is 17.2 Å². The summed E-state index contributed by atoms with van der Waals surface area (Å²) >= 11 is 0. The van der Waals surface area contributed by atoms with Crippen molar-refractivity contribution in [1.29, 1.82) is 0 Å². The third kappa shape index (κ3) is 16.2. The van der Waals surface area contributed by atoms with Crippen molar-refractivity contribution in [2.24, 2.45) is 5.92 Å². The molecule has 12 rings (SSSR count). The number of carbonyl (C=O) groups excluding carboxylic acids is 3. The molecule has 0 spiro atoms. The Labute approximate surface area is 527 Å². The minimum Gasteiger partial charge on any atom is -0.397 e. The minimum absolute atomic E-state index is 0.00899. The summed E-state index contributed by atoms with van der Waals surface area (Å²) < 4.78 is 40.3. The molecule has 3 unspecified atom stereocenters. The van der Waals surface area contributed by atoms with E-state index in [1.807, 2.05) is 62.3 Å². The van der Waals surface area contributed by atoms with Gasteiger partial charge in [0.2, 0.25) is 17.7 Å². The van der Waals surface area contributed by atoms with Gasteiger partial charge in [-0.25, -0.2) is 23.1 Å². The third-order valence-electron chi connectivity index (χ3n) is 16.8. The Morgan fingerprint density at radius 1 is 0.451 bits per heavy atom. The molecular formula is C70H74F3N15O3. The standard InChI is InChI=1S/C24H26FN5O.2C23H24FN5O/c1-15-11-18(25)3-4-19(15)21-6-5-20(26)22(29-21)13-24(31)30-10-8-17(14-30)12-23-27-9-7-16(2)28-23;1-14-9-17(24)3-4-18(14)20-6-5-19(25)21(28-20)10-23(30)29-8-7-16(13-29)22-12-26-15(2)11-27-22;1-14-9-17(24)3-4-18(14)20-6-5-19(25)21(28-20)10-23(30)29-8-7-16(13-29)22-12-26-11-15(2)27-22/h3-7,9,11,17H,8,10,12-14,26H2,1-2H3;2*3-6,9,11-12,16H,7-8,10,13,25H2,1-2H3. The van der Waals surface area contributed by atoms with Crippen LogP contribution in [0.3, 0.4) is 0 Å². The number of halogens is 3. The summed E-state index contributed by atoms with van der Waals surface area (Å²) in [5.74, 6) is 0.701. The zero-order valence-electron chi connectivity index (χ0n) is 52.0. The molecule has 18 nitrogen and oxygen atoms in total. The van der Waals surface area contributed by atoms with Gasteiger partial charge in [0.15, 0.2) is 0 Å². The molecule has 0 radical (unpaired) electrons. The average Bonchev–Trinajstić information content (AvgIpc) is 1.87. The number of aryl methyl sites for hydroxylation is 6. The Kier molecular flexibility index (Phi) is 20.1. The Hall–Kier alpha value is -10.1. The van der Waals surface area contributed by atoms with Crippen molar-refractivity contribution in [3.63, 3.8) is 0 Å². The van der Waals surface area contributed by atoms with Crippen LogP contribution in [0, 0.1) is 64.9 Å². The van der Waals surface area contributed by atoms with Gasteiger partial charge in [0.25, 0.3) is 0 Å².